The zero-order valence-corrected chi connectivity index (χ0v) is 22.6. The standard InChI is InChI=1S/C26H26F3N7O3S/c1-15-11-31-25-32-22(19-7-8-19)23(35(25)13-15)24(37)30-12-17-3-5-18(6-4-17)21-16(2)20-14-34(9-10-36(20)33-21)40(38,39)26(27,28)29/h3-6,11,13,19H,7-10,12,14H2,1-2H3,(H,30,37). The van der Waals surface area contributed by atoms with Crippen molar-refractivity contribution in [3.8, 4) is 11.3 Å². The van der Waals surface area contributed by atoms with Gasteiger partial charge in [0.1, 0.15) is 5.69 Å². The van der Waals surface area contributed by atoms with Crippen LogP contribution in [0.2, 0.25) is 0 Å². The second-order valence-electron chi connectivity index (χ2n) is 10.2. The Morgan fingerprint density at radius 2 is 1.85 bits per heavy atom. The second-order valence-corrected chi connectivity index (χ2v) is 12.2. The van der Waals surface area contributed by atoms with Gasteiger partial charge in [0.05, 0.1) is 30.2 Å². The van der Waals surface area contributed by atoms with Crippen molar-refractivity contribution in [2.45, 2.75) is 57.7 Å². The lowest BCUT2D eigenvalue weighted by Crippen LogP contribution is -2.44. The molecular formula is C26H26F3N7O3S. The summed E-state index contributed by atoms with van der Waals surface area (Å²) in [5.41, 5.74) is 0.0379. The number of hydrogen-bond donors (Lipinski definition) is 1. The largest absolute Gasteiger partial charge is 0.511 e. The molecule has 1 saturated carbocycles. The molecule has 0 atom stereocenters. The van der Waals surface area contributed by atoms with E-state index in [1.165, 1.54) is 0 Å². The van der Waals surface area contributed by atoms with E-state index in [4.69, 9.17) is 0 Å². The number of aromatic nitrogens is 5. The van der Waals surface area contributed by atoms with Gasteiger partial charge >= 0.3 is 15.5 Å². The highest BCUT2D eigenvalue weighted by atomic mass is 32.2. The number of nitrogens with zero attached hydrogens (tertiary/aromatic N) is 6. The number of imidazole rings is 1. The number of carbonyl (C=O) groups is 1. The molecule has 1 N–H and O–H groups in total. The van der Waals surface area contributed by atoms with Gasteiger partial charge in [0, 0.05) is 37.0 Å². The molecular weight excluding hydrogens is 547 g/mol. The van der Waals surface area contributed by atoms with E-state index in [0.717, 1.165) is 35.2 Å². The Morgan fingerprint density at radius 1 is 1.12 bits per heavy atom. The Kier molecular flexibility index (Phi) is 6.22. The number of sulfonamides is 1. The van der Waals surface area contributed by atoms with Crippen LogP contribution in [-0.4, -0.2) is 54.8 Å². The van der Waals surface area contributed by atoms with E-state index in [-0.39, 0.29) is 31.5 Å². The Morgan fingerprint density at radius 3 is 2.52 bits per heavy atom. The molecule has 0 spiro atoms. The van der Waals surface area contributed by atoms with E-state index in [9.17, 15) is 26.4 Å². The number of carbonyl (C=O) groups excluding carboxylic acids is 1. The van der Waals surface area contributed by atoms with Crippen molar-refractivity contribution in [3.05, 3.63) is 70.4 Å². The number of halogens is 3. The molecule has 210 valence electrons. The highest BCUT2D eigenvalue weighted by Gasteiger charge is 2.50. The minimum absolute atomic E-state index is 0.0246. The first kappa shape index (κ1) is 26.4. The molecule has 2 aliphatic rings. The van der Waals surface area contributed by atoms with Crippen LogP contribution in [0.25, 0.3) is 17.0 Å². The number of benzene rings is 1. The monoisotopic (exact) mass is 573 g/mol. The smallest absolute Gasteiger partial charge is 0.347 e. The molecule has 0 unspecified atom stereocenters. The van der Waals surface area contributed by atoms with Crippen molar-refractivity contribution >= 4 is 21.7 Å². The first-order valence-electron chi connectivity index (χ1n) is 12.8. The van der Waals surface area contributed by atoms with Gasteiger partial charge in [0.2, 0.25) is 5.78 Å². The van der Waals surface area contributed by atoms with E-state index in [1.807, 2.05) is 37.4 Å². The van der Waals surface area contributed by atoms with Gasteiger partial charge in [-0.25, -0.2) is 18.4 Å². The maximum Gasteiger partial charge on any atom is 0.511 e. The van der Waals surface area contributed by atoms with Crippen molar-refractivity contribution in [2.24, 2.45) is 0 Å². The van der Waals surface area contributed by atoms with Gasteiger partial charge in [-0.05, 0) is 43.4 Å². The molecule has 1 aliphatic carbocycles. The summed E-state index contributed by atoms with van der Waals surface area (Å²) < 4.78 is 66.7. The highest BCUT2D eigenvalue weighted by Crippen LogP contribution is 2.41. The van der Waals surface area contributed by atoms with Crippen molar-refractivity contribution in [1.29, 1.82) is 0 Å². The van der Waals surface area contributed by atoms with Gasteiger partial charge in [-0.15, -0.1) is 0 Å². The van der Waals surface area contributed by atoms with Crippen molar-refractivity contribution in [2.75, 3.05) is 6.54 Å². The van der Waals surface area contributed by atoms with Crippen LogP contribution in [0.15, 0.2) is 36.7 Å². The van der Waals surface area contributed by atoms with Crippen LogP contribution < -0.4 is 5.32 Å². The van der Waals surface area contributed by atoms with Crippen LogP contribution in [0.5, 0.6) is 0 Å². The number of rotatable bonds is 6. The van der Waals surface area contributed by atoms with Gasteiger partial charge < -0.3 is 5.32 Å². The molecule has 1 amide bonds. The molecule has 0 bridgehead atoms. The van der Waals surface area contributed by atoms with Gasteiger partial charge in [0.25, 0.3) is 5.91 Å². The second kappa shape index (κ2) is 9.41. The first-order chi connectivity index (χ1) is 18.9. The number of aryl methyl sites for hydroxylation is 1. The molecule has 4 heterocycles. The van der Waals surface area contributed by atoms with Crippen LogP contribution >= 0.6 is 0 Å². The summed E-state index contributed by atoms with van der Waals surface area (Å²) in [5, 5.41) is 7.51. The van der Waals surface area contributed by atoms with Crippen molar-refractivity contribution in [1.82, 2.24) is 33.8 Å². The summed E-state index contributed by atoms with van der Waals surface area (Å²) in [6.45, 7) is 3.22. The molecule has 40 heavy (non-hydrogen) atoms. The Labute approximate surface area is 227 Å². The molecule has 4 aromatic rings. The van der Waals surface area contributed by atoms with E-state index in [2.05, 4.69) is 20.4 Å². The third-order valence-electron chi connectivity index (χ3n) is 7.34. The van der Waals surface area contributed by atoms with Crippen LogP contribution in [0.1, 0.15) is 57.3 Å². The van der Waals surface area contributed by atoms with Crippen LogP contribution in [0, 0.1) is 13.8 Å². The van der Waals surface area contributed by atoms with Crippen LogP contribution in [0.4, 0.5) is 13.2 Å². The lowest BCUT2D eigenvalue weighted by atomic mass is 10.0. The molecule has 0 saturated heterocycles. The van der Waals surface area contributed by atoms with Crippen molar-refractivity contribution in [3.63, 3.8) is 0 Å². The lowest BCUT2D eigenvalue weighted by molar-refractivity contribution is -0.0496. The summed E-state index contributed by atoms with van der Waals surface area (Å²) in [7, 11) is -5.42. The fraction of sp³-hybridized carbons (Fsp3) is 0.385. The fourth-order valence-corrected chi connectivity index (χ4v) is 5.92. The molecule has 1 aliphatic heterocycles. The number of alkyl halides is 3. The van der Waals surface area contributed by atoms with Gasteiger partial charge in [0.15, 0.2) is 0 Å². The normalized spacial score (nSPS) is 16.3. The predicted octanol–water partition coefficient (Wildman–Crippen LogP) is 3.68. The number of fused-ring (bicyclic) bond motifs is 2. The molecule has 14 heteroatoms. The van der Waals surface area contributed by atoms with Gasteiger partial charge in [-0.2, -0.15) is 22.6 Å². The topological polar surface area (TPSA) is 114 Å². The number of hydrogen-bond acceptors (Lipinski definition) is 6. The Bertz CT molecular complexity index is 1740. The average Bonchev–Trinajstić information content (AvgIpc) is 3.62. The minimum atomic E-state index is -5.42. The lowest BCUT2D eigenvalue weighted by Gasteiger charge is -2.27. The summed E-state index contributed by atoms with van der Waals surface area (Å²) >= 11 is 0. The predicted molar refractivity (Wildman–Crippen MR) is 139 cm³/mol. The van der Waals surface area contributed by atoms with E-state index in [1.54, 1.807) is 22.2 Å². The zero-order chi connectivity index (χ0) is 28.4. The minimum Gasteiger partial charge on any atom is -0.347 e. The highest BCUT2D eigenvalue weighted by molar-refractivity contribution is 7.89. The zero-order valence-electron chi connectivity index (χ0n) is 21.7. The Hall–Kier alpha value is -3.78. The maximum atomic E-state index is 13.2. The van der Waals surface area contributed by atoms with E-state index < -0.39 is 22.1 Å². The molecule has 3 aromatic heterocycles. The van der Waals surface area contributed by atoms with Crippen LogP contribution in [0.3, 0.4) is 0 Å². The average molecular weight is 574 g/mol. The number of amides is 1. The third kappa shape index (κ3) is 4.54. The summed E-state index contributed by atoms with van der Waals surface area (Å²) in [6, 6.07) is 7.33. The molecule has 1 aromatic carbocycles. The van der Waals surface area contributed by atoms with Crippen molar-refractivity contribution < 1.29 is 26.4 Å². The summed E-state index contributed by atoms with van der Waals surface area (Å²) in [6.07, 6.45) is 5.58. The quantitative estimate of drug-likeness (QED) is 0.377. The molecule has 1 fully saturated rings. The molecule has 6 rings (SSSR count). The third-order valence-corrected chi connectivity index (χ3v) is 8.91. The Balaban J connectivity index is 1.18. The number of nitrogens with one attached hydrogen (secondary N) is 1. The van der Waals surface area contributed by atoms with E-state index >= 15 is 0 Å². The first-order valence-corrected chi connectivity index (χ1v) is 14.2. The molecule has 10 nitrogen and oxygen atoms in total. The van der Waals surface area contributed by atoms with E-state index in [0.29, 0.717) is 32.7 Å². The summed E-state index contributed by atoms with van der Waals surface area (Å²) in [5.74, 6) is 0.535. The van der Waals surface area contributed by atoms with Crippen LogP contribution in [-0.2, 0) is 29.7 Å². The molecule has 0 radical (unpaired) electrons. The maximum absolute atomic E-state index is 13.2. The summed E-state index contributed by atoms with van der Waals surface area (Å²) in [4.78, 5) is 22.2. The SMILES string of the molecule is Cc1cnc2nc(C3CC3)c(C(=O)NCc3ccc(-c4nn5c(c4C)CN(S(=O)(=O)C(F)(F)F)CC5)cc3)n2c1. The van der Waals surface area contributed by atoms with Gasteiger partial charge in [-0.3, -0.25) is 13.9 Å². The fourth-order valence-electron chi connectivity index (χ4n) is 5.01. The van der Waals surface area contributed by atoms with Gasteiger partial charge in [-0.1, -0.05) is 24.3 Å².